The zero-order valence-corrected chi connectivity index (χ0v) is 13.6. The average molecular weight is 364 g/mol. The van der Waals surface area contributed by atoms with Crippen LogP contribution in [0.15, 0.2) is 16.6 Å². The summed E-state index contributed by atoms with van der Waals surface area (Å²) in [6, 6.07) is 2.12. The molecule has 0 bridgehead atoms. The molecule has 0 aromatic heterocycles. The molecule has 0 aliphatic rings. The first kappa shape index (κ1) is 18.0. The predicted octanol–water partition coefficient (Wildman–Crippen LogP) is 3.74. The monoisotopic (exact) mass is 363 g/mol. The van der Waals surface area contributed by atoms with E-state index in [1.54, 1.807) is 0 Å². The number of carbonyl (C=O) groups is 1. The Kier molecular flexibility index (Phi) is 7.82. The van der Waals surface area contributed by atoms with E-state index in [2.05, 4.69) is 22.9 Å². The SMILES string of the molecule is CCCCCCN(CCO)C(=O)c1c(F)cc(Br)cc1F. The fourth-order valence-corrected chi connectivity index (χ4v) is 2.47. The Labute approximate surface area is 132 Å². The molecule has 1 rings (SSSR count). The summed E-state index contributed by atoms with van der Waals surface area (Å²) < 4.78 is 27.9. The molecule has 0 heterocycles. The molecule has 0 aliphatic heterocycles. The molecule has 0 radical (unpaired) electrons. The lowest BCUT2D eigenvalue weighted by molar-refractivity contribution is 0.0708. The van der Waals surface area contributed by atoms with Crippen molar-refractivity contribution in [3.63, 3.8) is 0 Å². The van der Waals surface area contributed by atoms with Crippen LogP contribution in [-0.2, 0) is 0 Å². The number of unbranched alkanes of at least 4 members (excludes halogenated alkanes) is 3. The van der Waals surface area contributed by atoms with Gasteiger partial charge in [-0.3, -0.25) is 4.79 Å². The molecule has 0 fully saturated rings. The number of amides is 1. The van der Waals surface area contributed by atoms with Crippen molar-refractivity contribution >= 4 is 21.8 Å². The first-order chi connectivity index (χ1) is 10.0. The van der Waals surface area contributed by atoms with Gasteiger partial charge in [-0.2, -0.15) is 0 Å². The second kappa shape index (κ2) is 9.10. The highest BCUT2D eigenvalue weighted by atomic mass is 79.9. The summed E-state index contributed by atoms with van der Waals surface area (Å²) in [6.45, 7) is 2.29. The highest BCUT2D eigenvalue weighted by molar-refractivity contribution is 9.10. The Morgan fingerprint density at radius 1 is 1.19 bits per heavy atom. The molecule has 1 amide bonds. The third-order valence-corrected chi connectivity index (χ3v) is 3.62. The van der Waals surface area contributed by atoms with Crippen LogP contribution in [0.3, 0.4) is 0 Å². The molecule has 3 nitrogen and oxygen atoms in total. The number of hydrogen-bond acceptors (Lipinski definition) is 2. The zero-order chi connectivity index (χ0) is 15.8. The van der Waals surface area contributed by atoms with Gasteiger partial charge in [0.15, 0.2) is 0 Å². The molecular formula is C15H20BrF2NO2. The second-order valence-corrected chi connectivity index (χ2v) is 5.74. The van der Waals surface area contributed by atoms with E-state index in [0.717, 1.165) is 37.8 Å². The van der Waals surface area contributed by atoms with Gasteiger partial charge in [-0.05, 0) is 18.6 Å². The number of carbonyl (C=O) groups excluding carboxylic acids is 1. The van der Waals surface area contributed by atoms with Crippen molar-refractivity contribution in [2.45, 2.75) is 32.6 Å². The first-order valence-electron chi connectivity index (χ1n) is 7.06. The minimum Gasteiger partial charge on any atom is -0.395 e. The molecule has 1 aromatic rings. The normalized spacial score (nSPS) is 10.7. The van der Waals surface area contributed by atoms with Gasteiger partial charge in [0, 0.05) is 17.6 Å². The van der Waals surface area contributed by atoms with E-state index in [1.807, 2.05) is 0 Å². The Bertz CT molecular complexity index is 460. The van der Waals surface area contributed by atoms with Gasteiger partial charge >= 0.3 is 0 Å². The van der Waals surface area contributed by atoms with E-state index in [-0.39, 0.29) is 17.6 Å². The van der Waals surface area contributed by atoms with E-state index in [1.165, 1.54) is 4.90 Å². The van der Waals surface area contributed by atoms with Crippen LogP contribution >= 0.6 is 15.9 Å². The number of benzene rings is 1. The van der Waals surface area contributed by atoms with E-state index in [9.17, 15) is 13.6 Å². The van der Waals surface area contributed by atoms with Crippen molar-refractivity contribution in [3.05, 3.63) is 33.8 Å². The number of hydrogen-bond donors (Lipinski definition) is 1. The van der Waals surface area contributed by atoms with Gasteiger partial charge in [0.1, 0.15) is 17.2 Å². The van der Waals surface area contributed by atoms with Crippen LogP contribution in [0.2, 0.25) is 0 Å². The Morgan fingerprint density at radius 2 is 1.81 bits per heavy atom. The van der Waals surface area contributed by atoms with Crippen LogP contribution in [0.1, 0.15) is 43.0 Å². The van der Waals surface area contributed by atoms with Crippen LogP contribution in [0.25, 0.3) is 0 Å². The van der Waals surface area contributed by atoms with Gasteiger partial charge < -0.3 is 10.0 Å². The maximum atomic E-state index is 13.8. The van der Waals surface area contributed by atoms with Crippen LogP contribution in [-0.4, -0.2) is 35.6 Å². The molecule has 0 atom stereocenters. The minimum absolute atomic E-state index is 0.0693. The molecule has 1 aromatic carbocycles. The third-order valence-electron chi connectivity index (χ3n) is 3.16. The van der Waals surface area contributed by atoms with E-state index < -0.39 is 23.1 Å². The van der Waals surface area contributed by atoms with Crippen LogP contribution in [0.4, 0.5) is 8.78 Å². The van der Waals surface area contributed by atoms with E-state index in [4.69, 9.17) is 5.11 Å². The van der Waals surface area contributed by atoms with Crippen LogP contribution in [0.5, 0.6) is 0 Å². The lowest BCUT2D eigenvalue weighted by atomic mass is 10.1. The van der Waals surface area contributed by atoms with Gasteiger partial charge in [-0.25, -0.2) is 8.78 Å². The van der Waals surface area contributed by atoms with Crippen molar-refractivity contribution in [2.75, 3.05) is 19.7 Å². The molecule has 0 unspecified atom stereocenters. The van der Waals surface area contributed by atoms with Gasteiger partial charge in [-0.1, -0.05) is 42.1 Å². The second-order valence-electron chi connectivity index (χ2n) is 4.82. The Balaban J connectivity index is 2.85. The number of aliphatic hydroxyl groups excluding tert-OH is 1. The summed E-state index contributed by atoms with van der Waals surface area (Å²) in [4.78, 5) is 13.6. The predicted molar refractivity (Wildman–Crippen MR) is 81.2 cm³/mol. The first-order valence-corrected chi connectivity index (χ1v) is 7.85. The smallest absolute Gasteiger partial charge is 0.259 e. The summed E-state index contributed by atoms with van der Waals surface area (Å²) in [5.41, 5.74) is -0.567. The quantitative estimate of drug-likeness (QED) is 0.714. The van der Waals surface area contributed by atoms with Gasteiger partial charge in [0.2, 0.25) is 0 Å². The van der Waals surface area contributed by atoms with Crippen molar-refractivity contribution < 1.29 is 18.7 Å². The maximum absolute atomic E-state index is 13.8. The summed E-state index contributed by atoms with van der Waals surface area (Å²) in [5, 5.41) is 9.03. The molecule has 0 saturated carbocycles. The topological polar surface area (TPSA) is 40.5 Å². The molecule has 0 spiro atoms. The highest BCUT2D eigenvalue weighted by Gasteiger charge is 2.23. The standard InChI is InChI=1S/C15H20BrF2NO2/c1-2-3-4-5-6-19(7-8-20)15(21)14-12(17)9-11(16)10-13(14)18/h9-10,20H,2-8H2,1H3. The summed E-state index contributed by atoms with van der Waals surface area (Å²) in [5.74, 6) is -2.52. The van der Waals surface area contributed by atoms with Crippen LogP contribution < -0.4 is 0 Å². The summed E-state index contributed by atoms with van der Waals surface area (Å²) >= 11 is 2.98. The zero-order valence-electron chi connectivity index (χ0n) is 12.0. The molecule has 0 saturated heterocycles. The van der Waals surface area contributed by atoms with Crippen molar-refractivity contribution in [1.29, 1.82) is 0 Å². The molecule has 118 valence electrons. The van der Waals surface area contributed by atoms with Gasteiger partial charge in [0.05, 0.1) is 6.61 Å². The van der Waals surface area contributed by atoms with E-state index in [0.29, 0.717) is 6.54 Å². The minimum atomic E-state index is -0.900. The lowest BCUT2D eigenvalue weighted by Crippen LogP contribution is -2.35. The van der Waals surface area contributed by atoms with Crippen LogP contribution in [0, 0.1) is 11.6 Å². The fourth-order valence-electron chi connectivity index (χ4n) is 2.07. The number of nitrogens with zero attached hydrogens (tertiary/aromatic N) is 1. The van der Waals surface area contributed by atoms with Gasteiger partial charge in [-0.15, -0.1) is 0 Å². The number of halogens is 3. The largest absolute Gasteiger partial charge is 0.395 e. The van der Waals surface area contributed by atoms with Gasteiger partial charge in [0.25, 0.3) is 5.91 Å². The van der Waals surface area contributed by atoms with Crippen molar-refractivity contribution in [3.8, 4) is 0 Å². The number of rotatable bonds is 8. The van der Waals surface area contributed by atoms with Crippen molar-refractivity contribution in [1.82, 2.24) is 4.90 Å². The third kappa shape index (κ3) is 5.36. The Morgan fingerprint density at radius 3 is 2.33 bits per heavy atom. The summed E-state index contributed by atoms with van der Waals surface area (Å²) in [7, 11) is 0. The maximum Gasteiger partial charge on any atom is 0.259 e. The van der Waals surface area contributed by atoms with E-state index >= 15 is 0 Å². The Hall–Kier alpha value is -1.01. The molecule has 0 aliphatic carbocycles. The fraction of sp³-hybridized carbons (Fsp3) is 0.533. The molecular weight excluding hydrogens is 344 g/mol. The molecule has 6 heteroatoms. The number of aliphatic hydroxyl groups is 1. The lowest BCUT2D eigenvalue weighted by Gasteiger charge is -2.22. The highest BCUT2D eigenvalue weighted by Crippen LogP contribution is 2.21. The molecule has 1 N–H and O–H groups in total. The average Bonchev–Trinajstić information content (AvgIpc) is 2.41. The van der Waals surface area contributed by atoms with Crippen molar-refractivity contribution in [2.24, 2.45) is 0 Å². The summed E-state index contributed by atoms with van der Waals surface area (Å²) in [6.07, 6.45) is 3.79. The molecule has 21 heavy (non-hydrogen) atoms.